The van der Waals surface area contributed by atoms with Crippen LogP contribution in [0.4, 0.5) is 0 Å². The Kier molecular flexibility index (Phi) is 5.50. The molecule has 3 aromatic rings. The van der Waals surface area contributed by atoms with E-state index in [2.05, 4.69) is 4.98 Å². The molecule has 0 saturated carbocycles. The highest BCUT2D eigenvalue weighted by Crippen LogP contribution is 2.32. The maximum absolute atomic E-state index is 12.4. The second-order valence-corrected chi connectivity index (χ2v) is 8.71. The molecule has 0 fully saturated rings. The number of ether oxygens (including phenoxy) is 1. The first-order valence-corrected chi connectivity index (χ1v) is 10.6. The summed E-state index contributed by atoms with van der Waals surface area (Å²) in [4.78, 5) is 4.49. The molecule has 0 spiro atoms. The Morgan fingerprint density at radius 2 is 1.76 bits per heavy atom. The molecule has 0 radical (unpaired) electrons. The number of hydrogen-bond donors (Lipinski definition) is 0. The van der Waals surface area contributed by atoms with E-state index >= 15 is 0 Å². The van der Waals surface area contributed by atoms with Gasteiger partial charge in [0.25, 0.3) is 0 Å². The lowest BCUT2D eigenvalue weighted by Crippen LogP contribution is -2.11. The predicted molar refractivity (Wildman–Crippen MR) is 102 cm³/mol. The third-order valence-corrected chi connectivity index (χ3v) is 6.29. The number of aromatic nitrogens is 1. The van der Waals surface area contributed by atoms with Crippen LogP contribution in [0.25, 0.3) is 10.6 Å². The van der Waals surface area contributed by atoms with E-state index < -0.39 is 9.84 Å². The normalized spacial score (nSPS) is 11.4. The second kappa shape index (κ2) is 7.80. The zero-order valence-corrected chi connectivity index (χ0v) is 15.5. The van der Waals surface area contributed by atoms with Crippen molar-refractivity contribution in [2.24, 2.45) is 0 Å². The topological polar surface area (TPSA) is 56.3 Å². The predicted octanol–water partition coefficient (Wildman–Crippen LogP) is 3.98. The van der Waals surface area contributed by atoms with Crippen LogP contribution in [0, 0.1) is 0 Å². The van der Waals surface area contributed by atoms with Crippen LogP contribution < -0.4 is 4.74 Å². The number of sulfone groups is 1. The average molecular weight is 373 g/mol. The molecular formula is C19H19NO3S2. The summed E-state index contributed by atoms with van der Waals surface area (Å²) >= 11 is 1.43. The van der Waals surface area contributed by atoms with Gasteiger partial charge in [0.2, 0.25) is 0 Å². The zero-order chi connectivity index (χ0) is 17.7. The molecule has 0 aliphatic carbocycles. The summed E-state index contributed by atoms with van der Waals surface area (Å²) in [7, 11) is -1.59. The van der Waals surface area contributed by atoms with Gasteiger partial charge < -0.3 is 4.74 Å². The molecule has 0 bridgehead atoms. The van der Waals surface area contributed by atoms with Crippen LogP contribution >= 0.6 is 11.3 Å². The number of thiazole rings is 1. The summed E-state index contributed by atoms with van der Waals surface area (Å²) in [5.74, 6) is 0.819. The highest BCUT2D eigenvalue weighted by Gasteiger charge is 2.16. The summed E-state index contributed by atoms with van der Waals surface area (Å²) in [6.45, 7) is 0. The highest BCUT2D eigenvalue weighted by molar-refractivity contribution is 7.90. The van der Waals surface area contributed by atoms with E-state index in [9.17, 15) is 8.42 Å². The molecule has 3 rings (SSSR count). The van der Waals surface area contributed by atoms with Crippen molar-refractivity contribution in [3.8, 4) is 16.3 Å². The minimum atomic E-state index is -3.20. The van der Waals surface area contributed by atoms with Crippen LogP contribution in [-0.2, 0) is 22.0 Å². The molecule has 0 N–H and O–H groups in total. The number of aryl methyl sites for hydroxylation is 1. The molecule has 0 saturated heterocycles. The van der Waals surface area contributed by atoms with Gasteiger partial charge in [-0.05, 0) is 24.1 Å². The monoisotopic (exact) mass is 373 g/mol. The quantitative estimate of drug-likeness (QED) is 0.629. The maximum Gasteiger partial charge on any atom is 0.156 e. The second-order valence-electron chi connectivity index (χ2n) is 5.67. The van der Waals surface area contributed by atoms with E-state index in [-0.39, 0.29) is 11.5 Å². The van der Waals surface area contributed by atoms with E-state index in [1.54, 1.807) is 7.11 Å². The maximum atomic E-state index is 12.4. The van der Waals surface area contributed by atoms with E-state index in [0.717, 1.165) is 21.9 Å². The number of benzene rings is 2. The standard InChI is InChI=1S/C19H19NO3S2/c1-23-18-10-6-5-9-17(18)19-20-16(13-24-19)14-25(21,22)12-11-15-7-3-2-4-8-15/h2-10,13H,11-12,14H2,1H3. The molecule has 0 amide bonds. The molecule has 0 unspecified atom stereocenters. The number of hydrogen-bond acceptors (Lipinski definition) is 5. The Labute approximate surface area is 152 Å². The Morgan fingerprint density at radius 3 is 2.52 bits per heavy atom. The first kappa shape index (κ1) is 17.6. The van der Waals surface area contributed by atoms with Crippen LogP contribution in [0.3, 0.4) is 0 Å². The minimum Gasteiger partial charge on any atom is -0.496 e. The lowest BCUT2D eigenvalue weighted by atomic mass is 10.2. The van der Waals surface area contributed by atoms with Crippen molar-refractivity contribution in [3.63, 3.8) is 0 Å². The first-order chi connectivity index (χ1) is 12.1. The third kappa shape index (κ3) is 4.67. The summed E-state index contributed by atoms with van der Waals surface area (Å²) in [6.07, 6.45) is 0.521. The lowest BCUT2D eigenvalue weighted by Gasteiger charge is -2.05. The molecule has 2 aromatic carbocycles. The molecule has 0 aliphatic rings. The smallest absolute Gasteiger partial charge is 0.156 e. The molecule has 1 heterocycles. The van der Waals surface area contributed by atoms with Gasteiger partial charge in [0.05, 0.1) is 29.9 Å². The van der Waals surface area contributed by atoms with Crippen molar-refractivity contribution < 1.29 is 13.2 Å². The van der Waals surface area contributed by atoms with Gasteiger partial charge in [-0.1, -0.05) is 42.5 Å². The van der Waals surface area contributed by atoms with Crippen molar-refractivity contribution in [2.45, 2.75) is 12.2 Å². The largest absolute Gasteiger partial charge is 0.496 e. The summed E-state index contributed by atoms with van der Waals surface area (Å²) < 4.78 is 30.1. The SMILES string of the molecule is COc1ccccc1-c1nc(CS(=O)(=O)CCc2ccccc2)cs1. The fraction of sp³-hybridized carbons (Fsp3) is 0.211. The van der Waals surface area contributed by atoms with E-state index in [1.807, 2.05) is 60.0 Å². The molecule has 4 nitrogen and oxygen atoms in total. The molecule has 130 valence electrons. The Hall–Kier alpha value is -2.18. The molecule has 6 heteroatoms. The number of nitrogens with zero attached hydrogens (tertiary/aromatic N) is 1. The molecule has 1 aromatic heterocycles. The average Bonchev–Trinajstić information content (AvgIpc) is 3.08. The van der Waals surface area contributed by atoms with Crippen LogP contribution in [-0.4, -0.2) is 26.3 Å². The van der Waals surface area contributed by atoms with E-state index in [4.69, 9.17) is 4.74 Å². The number of para-hydroxylation sites is 1. The summed E-state index contributed by atoms with van der Waals surface area (Å²) in [5, 5.41) is 2.58. The Bertz CT molecular complexity index is 934. The van der Waals surface area contributed by atoms with Crippen LogP contribution in [0.5, 0.6) is 5.75 Å². The first-order valence-electron chi connectivity index (χ1n) is 7.89. The van der Waals surface area contributed by atoms with Gasteiger partial charge in [0.1, 0.15) is 10.8 Å². The highest BCUT2D eigenvalue weighted by atomic mass is 32.2. The Balaban J connectivity index is 1.70. The lowest BCUT2D eigenvalue weighted by molar-refractivity contribution is 0.416. The van der Waals surface area contributed by atoms with Gasteiger partial charge in [-0.25, -0.2) is 13.4 Å². The van der Waals surface area contributed by atoms with E-state index in [1.165, 1.54) is 11.3 Å². The van der Waals surface area contributed by atoms with Crippen molar-refractivity contribution in [1.29, 1.82) is 0 Å². The van der Waals surface area contributed by atoms with Crippen molar-refractivity contribution in [2.75, 3.05) is 12.9 Å². The van der Waals surface area contributed by atoms with Crippen molar-refractivity contribution in [1.82, 2.24) is 4.98 Å². The summed E-state index contributed by atoms with van der Waals surface area (Å²) in [6, 6.07) is 17.2. The molecule has 0 atom stereocenters. The van der Waals surface area contributed by atoms with Gasteiger partial charge >= 0.3 is 0 Å². The number of rotatable bonds is 7. The van der Waals surface area contributed by atoms with Gasteiger partial charge in [0.15, 0.2) is 9.84 Å². The third-order valence-electron chi connectivity index (χ3n) is 3.80. The number of methoxy groups -OCH3 is 1. The van der Waals surface area contributed by atoms with Crippen LogP contribution in [0.1, 0.15) is 11.3 Å². The molecule has 0 aliphatic heterocycles. The van der Waals surface area contributed by atoms with Gasteiger partial charge in [-0.2, -0.15) is 0 Å². The van der Waals surface area contributed by atoms with E-state index in [0.29, 0.717) is 12.1 Å². The van der Waals surface area contributed by atoms with Crippen LogP contribution in [0.2, 0.25) is 0 Å². The van der Waals surface area contributed by atoms with Gasteiger partial charge in [0, 0.05) is 5.38 Å². The van der Waals surface area contributed by atoms with Crippen molar-refractivity contribution in [3.05, 3.63) is 71.2 Å². The van der Waals surface area contributed by atoms with Gasteiger partial charge in [-0.3, -0.25) is 0 Å². The minimum absolute atomic E-state index is 0.0362. The Morgan fingerprint density at radius 1 is 1.04 bits per heavy atom. The fourth-order valence-electron chi connectivity index (χ4n) is 2.53. The van der Waals surface area contributed by atoms with Crippen molar-refractivity contribution >= 4 is 21.2 Å². The fourth-order valence-corrected chi connectivity index (χ4v) is 4.78. The molecule has 25 heavy (non-hydrogen) atoms. The molecular weight excluding hydrogens is 354 g/mol. The van der Waals surface area contributed by atoms with Gasteiger partial charge in [-0.15, -0.1) is 11.3 Å². The zero-order valence-electron chi connectivity index (χ0n) is 13.9. The van der Waals surface area contributed by atoms with Crippen LogP contribution in [0.15, 0.2) is 60.0 Å². The summed E-state index contributed by atoms with van der Waals surface area (Å²) in [5.41, 5.74) is 2.49.